The second kappa shape index (κ2) is 5.74. The Morgan fingerprint density at radius 3 is 2.82 bits per heavy atom. The van der Waals surface area contributed by atoms with E-state index in [2.05, 4.69) is 0 Å². The maximum Gasteiger partial charge on any atom is 0.137 e. The largest absolute Gasteiger partial charge is 0.492 e. The van der Waals surface area contributed by atoms with Gasteiger partial charge in [0.15, 0.2) is 0 Å². The third-order valence-corrected chi connectivity index (χ3v) is 3.58. The molecule has 92 valence electrons. The molecule has 0 aromatic heterocycles. The van der Waals surface area contributed by atoms with Crippen molar-refractivity contribution < 1.29 is 9.53 Å². The van der Waals surface area contributed by atoms with E-state index in [1.807, 2.05) is 0 Å². The van der Waals surface area contributed by atoms with Crippen LogP contribution >= 0.6 is 23.2 Å². The molecule has 0 saturated heterocycles. The Bertz CT molecular complexity index is 418. The Balaban J connectivity index is 1.83. The molecule has 1 saturated carbocycles. The number of hydrogen-bond donors (Lipinski definition) is 0. The molecule has 1 aliphatic carbocycles. The SMILES string of the molecule is O=C1CCCC1CCOc1ccc(Cl)cc1Cl. The minimum atomic E-state index is 0.182. The minimum absolute atomic E-state index is 0.182. The number of ether oxygens (including phenoxy) is 1. The zero-order valence-electron chi connectivity index (χ0n) is 9.42. The van der Waals surface area contributed by atoms with E-state index >= 15 is 0 Å². The lowest BCUT2D eigenvalue weighted by atomic mass is 10.0. The fraction of sp³-hybridized carbons (Fsp3) is 0.462. The van der Waals surface area contributed by atoms with Crippen LogP contribution in [0.15, 0.2) is 18.2 Å². The van der Waals surface area contributed by atoms with Gasteiger partial charge in [0.1, 0.15) is 11.5 Å². The predicted molar refractivity (Wildman–Crippen MR) is 68.9 cm³/mol. The van der Waals surface area contributed by atoms with Crippen molar-refractivity contribution in [3.8, 4) is 5.75 Å². The number of carbonyl (C=O) groups excluding carboxylic acids is 1. The van der Waals surface area contributed by atoms with Crippen LogP contribution < -0.4 is 4.74 Å². The smallest absolute Gasteiger partial charge is 0.137 e. The van der Waals surface area contributed by atoms with Crippen LogP contribution in [0.25, 0.3) is 0 Å². The Labute approximate surface area is 111 Å². The Morgan fingerprint density at radius 1 is 1.35 bits per heavy atom. The Kier molecular flexibility index (Phi) is 4.30. The molecule has 17 heavy (non-hydrogen) atoms. The summed E-state index contributed by atoms with van der Waals surface area (Å²) in [5, 5.41) is 1.10. The van der Waals surface area contributed by atoms with Crippen molar-refractivity contribution in [2.75, 3.05) is 6.61 Å². The van der Waals surface area contributed by atoms with Gasteiger partial charge in [0.25, 0.3) is 0 Å². The van der Waals surface area contributed by atoms with Gasteiger partial charge in [-0.25, -0.2) is 0 Å². The molecule has 0 N–H and O–H groups in total. The van der Waals surface area contributed by atoms with Gasteiger partial charge in [0.05, 0.1) is 11.6 Å². The third kappa shape index (κ3) is 3.36. The highest BCUT2D eigenvalue weighted by Gasteiger charge is 2.23. The molecule has 2 nitrogen and oxygen atoms in total. The maximum absolute atomic E-state index is 11.4. The number of ketones is 1. The average Bonchev–Trinajstić information content (AvgIpc) is 2.68. The normalized spacial score (nSPS) is 19.6. The molecule has 0 heterocycles. The monoisotopic (exact) mass is 272 g/mol. The number of rotatable bonds is 4. The van der Waals surface area contributed by atoms with E-state index in [4.69, 9.17) is 27.9 Å². The zero-order valence-corrected chi connectivity index (χ0v) is 10.9. The van der Waals surface area contributed by atoms with E-state index in [9.17, 15) is 4.79 Å². The molecule has 1 aromatic carbocycles. The van der Waals surface area contributed by atoms with E-state index in [0.717, 1.165) is 25.7 Å². The van der Waals surface area contributed by atoms with Gasteiger partial charge in [-0.1, -0.05) is 23.2 Å². The Hall–Kier alpha value is -0.730. The summed E-state index contributed by atoms with van der Waals surface area (Å²) in [7, 11) is 0. The second-order valence-electron chi connectivity index (χ2n) is 4.27. The van der Waals surface area contributed by atoms with Gasteiger partial charge in [0.2, 0.25) is 0 Å². The lowest BCUT2D eigenvalue weighted by Gasteiger charge is -2.10. The van der Waals surface area contributed by atoms with Crippen LogP contribution in [-0.2, 0) is 4.79 Å². The lowest BCUT2D eigenvalue weighted by molar-refractivity contribution is -0.121. The summed E-state index contributed by atoms with van der Waals surface area (Å²) in [5.74, 6) is 1.18. The summed E-state index contributed by atoms with van der Waals surface area (Å²) >= 11 is 11.8. The molecule has 0 amide bonds. The first kappa shape index (κ1) is 12.7. The van der Waals surface area contributed by atoms with Crippen molar-refractivity contribution in [1.29, 1.82) is 0 Å². The van der Waals surface area contributed by atoms with E-state index in [1.54, 1.807) is 18.2 Å². The van der Waals surface area contributed by atoms with E-state index in [1.165, 1.54) is 0 Å². The summed E-state index contributed by atoms with van der Waals surface area (Å²) < 4.78 is 5.56. The highest BCUT2D eigenvalue weighted by Crippen LogP contribution is 2.29. The fourth-order valence-electron chi connectivity index (χ4n) is 2.10. The Morgan fingerprint density at radius 2 is 2.18 bits per heavy atom. The third-order valence-electron chi connectivity index (χ3n) is 3.05. The molecule has 1 fully saturated rings. The fourth-order valence-corrected chi connectivity index (χ4v) is 2.56. The van der Waals surface area contributed by atoms with Crippen molar-refractivity contribution in [1.82, 2.24) is 0 Å². The molecule has 0 radical (unpaired) electrons. The van der Waals surface area contributed by atoms with Crippen LogP contribution in [0.4, 0.5) is 0 Å². The second-order valence-corrected chi connectivity index (χ2v) is 5.11. The first-order chi connectivity index (χ1) is 8.16. The lowest BCUT2D eigenvalue weighted by Crippen LogP contribution is -2.11. The summed E-state index contributed by atoms with van der Waals surface area (Å²) in [6.07, 6.45) is 3.52. The number of Topliss-reactive ketones (excluding diaryl/α,β-unsaturated/α-hetero) is 1. The van der Waals surface area contributed by atoms with Gasteiger partial charge in [-0.15, -0.1) is 0 Å². The minimum Gasteiger partial charge on any atom is -0.492 e. The first-order valence-electron chi connectivity index (χ1n) is 5.77. The number of benzene rings is 1. The summed E-state index contributed by atoms with van der Waals surface area (Å²) in [4.78, 5) is 11.4. The predicted octanol–water partition coefficient (Wildman–Crippen LogP) is 4.13. The molecule has 1 unspecified atom stereocenters. The molecule has 1 atom stereocenters. The van der Waals surface area contributed by atoms with Gasteiger partial charge in [-0.05, 0) is 37.5 Å². The molecular weight excluding hydrogens is 259 g/mol. The highest BCUT2D eigenvalue weighted by molar-refractivity contribution is 6.35. The quantitative estimate of drug-likeness (QED) is 0.824. The molecule has 1 aromatic rings. The summed E-state index contributed by atoms with van der Waals surface area (Å²) in [6, 6.07) is 5.14. The van der Waals surface area contributed by atoms with Gasteiger partial charge in [-0.2, -0.15) is 0 Å². The van der Waals surface area contributed by atoms with Crippen molar-refractivity contribution in [2.24, 2.45) is 5.92 Å². The van der Waals surface area contributed by atoms with Gasteiger partial charge in [0, 0.05) is 17.4 Å². The molecule has 0 bridgehead atoms. The van der Waals surface area contributed by atoms with Crippen LogP contribution in [0.3, 0.4) is 0 Å². The summed E-state index contributed by atoms with van der Waals surface area (Å²) in [6.45, 7) is 0.526. The number of halogens is 2. The molecule has 0 spiro atoms. The molecular formula is C13H14Cl2O2. The zero-order chi connectivity index (χ0) is 12.3. The van der Waals surface area contributed by atoms with E-state index < -0.39 is 0 Å². The molecule has 2 rings (SSSR count). The van der Waals surface area contributed by atoms with Gasteiger partial charge >= 0.3 is 0 Å². The highest BCUT2D eigenvalue weighted by atomic mass is 35.5. The van der Waals surface area contributed by atoms with Crippen LogP contribution in [0, 0.1) is 5.92 Å². The maximum atomic E-state index is 11.4. The van der Waals surface area contributed by atoms with Crippen molar-refractivity contribution >= 4 is 29.0 Å². The summed E-state index contributed by atoms with van der Waals surface area (Å²) in [5.41, 5.74) is 0. The van der Waals surface area contributed by atoms with Crippen molar-refractivity contribution in [3.63, 3.8) is 0 Å². The molecule has 4 heteroatoms. The van der Waals surface area contributed by atoms with Gasteiger partial charge < -0.3 is 4.74 Å². The van der Waals surface area contributed by atoms with Crippen molar-refractivity contribution in [3.05, 3.63) is 28.2 Å². The number of hydrogen-bond acceptors (Lipinski definition) is 2. The van der Waals surface area contributed by atoms with Crippen LogP contribution in [0.2, 0.25) is 10.0 Å². The van der Waals surface area contributed by atoms with Crippen LogP contribution in [-0.4, -0.2) is 12.4 Å². The van der Waals surface area contributed by atoms with Crippen molar-refractivity contribution in [2.45, 2.75) is 25.7 Å². The average molecular weight is 273 g/mol. The topological polar surface area (TPSA) is 26.3 Å². The molecule has 1 aliphatic rings. The number of carbonyl (C=O) groups is 1. The van der Waals surface area contributed by atoms with Gasteiger partial charge in [-0.3, -0.25) is 4.79 Å². The van der Waals surface area contributed by atoms with E-state index in [0.29, 0.717) is 28.2 Å². The molecule has 0 aliphatic heterocycles. The van der Waals surface area contributed by atoms with E-state index in [-0.39, 0.29) is 5.92 Å². The standard InChI is InChI=1S/C13H14Cl2O2/c14-10-4-5-13(11(15)8-10)17-7-6-9-2-1-3-12(9)16/h4-5,8-9H,1-3,6-7H2. The van der Waals surface area contributed by atoms with Crippen LogP contribution in [0.1, 0.15) is 25.7 Å². The van der Waals surface area contributed by atoms with Crippen LogP contribution in [0.5, 0.6) is 5.75 Å². The first-order valence-corrected chi connectivity index (χ1v) is 6.53.